The molecule has 0 saturated heterocycles. The maximum atomic E-state index is 11.5. The normalized spacial score (nSPS) is 10.6. The molecule has 0 atom stereocenters. The smallest absolute Gasteiger partial charge is 0.348 e. The number of aromatic nitrogens is 1. The summed E-state index contributed by atoms with van der Waals surface area (Å²) in [5.41, 5.74) is 2.05. The minimum Gasteiger partial charge on any atom is -0.497 e. The van der Waals surface area contributed by atoms with Crippen LogP contribution < -0.4 is 4.74 Å². The first-order valence-corrected chi connectivity index (χ1v) is 9.82. The van der Waals surface area contributed by atoms with Gasteiger partial charge in [0.25, 0.3) is 0 Å². The highest BCUT2D eigenvalue weighted by atomic mass is 32.2. The fourth-order valence-corrected chi connectivity index (χ4v) is 4.79. The van der Waals surface area contributed by atoms with Gasteiger partial charge in [-0.3, -0.25) is 0 Å². The molecule has 0 saturated carbocycles. The van der Waals surface area contributed by atoms with E-state index in [0.717, 1.165) is 32.7 Å². The lowest BCUT2D eigenvalue weighted by Crippen LogP contribution is -1.96. The minimum atomic E-state index is -0.289. The molecule has 4 nitrogen and oxygen atoms in total. The van der Waals surface area contributed by atoms with E-state index in [2.05, 4.69) is 10.4 Å². The number of benzene rings is 1. The molecule has 0 spiro atoms. The molecule has 24 heavy (non-hydrogen) atoms. The molecule has 0 N–H and O–H groups in total. The van der Waals surface area contributed by atoms with Gasteiger partial charge >= 0.3 is 5.97 Å². The van der Waals surface area contributed by atoms with Crippen molar-refractivity contribution in [2.45, 2.75) is 10.6 Å². The Balaban J connectivity index is 1.63. The first-order chi connectivity index (χ1) is 11.7. The van der Waals surface area contributed by atoms with Crippen molar-refractivity contribution in [1.82, 2.24) is 4.98 Å². The molecule has 0 fully saturated rings. The Kier molecular flexibility index (Phi) is 5.55. The summed E-state index contributed by atoms with van der Waals surface area (Å²) in [6.45, 7) is 0. The maximum absolute atomic E-state index is 11.5. The quantitative estimate of drug-likeness (QED) is 0.449. The second kappa shape index (κ2) is 7.83. The van der Waals surface area contributed by atoms with Crippen LogP contribution in [0.5, 0.6) is 5.75 Å². The van der Waals surface area contributed by atoms with Crippen LogP contribution in [0.1, 0.15) is 14.7 Å². The van der Waals surface area contributed by atoms with E-state index < -0.39 is 0 Å². The van der Waals surface area contributed by atoms with E-state index in [1.807, 2.05) is 35.7 Å². The predicted octanol–water partition coefficient (Wildman–Crippen LogP) is 4.96. The first-order valence-electron chi connectivity index (χ1n) is 7.08. The molecular weight excluding hydrogens is 362 g/mol. The lowest BCUT2D eigenvalue weighted by atomic mass is 10.2. The highest BCUT2D eigenvalue weighted by Gasteiger charge is 2.10. The molecule has 0 unspecified atom stereocenters. The molecule has 0 amide bonds. The number of ether oxygens (including phenoxy) is 2. The van der Waals surface area contributed by atoms with Crippen molar-refractivity contribution >= 4 is 40.4 Å². The van der Waals surface area contributed by atoms with Crippen LogP contribution in [0.25, 0.3) is 11.3 Å². The molecule has 3 rings (SSSR count). The van der Waals surface area contributed by atoms with Crippen molar-refractivity contribution in [2.24, 2.45) is 0 Å². The van der Waals surface area contributed by atoms with Crippen LogP contribution in [0, 0.1) is 0 Å². The van der Waals surface area contributed by atoms with Gasteiger partial charge in [-0.2, -0.15) is 0 Å². The third-order valence-electron chi connectivity index (χ3n) is 3.26. The highest BCUT2D eigenvalue weighted by Crippen LogP contribution is 2.31. The fourth-order valence-electron chi connectivity index (χ4n) is 2.02. The summed E-state index contributed by atoms with van der Waals surface area (Å²) in [6.07, 6.45) is 0. The molecular formula is C17H15NO3S3. The summed E-state index contributed by atoms with van der Waals surface area (Å²) < 4.78 is 9.90. The molecule has 1 aromatic carbocycles. The maximum Gasteiger partial charge on any atom is 0.348 e. The van der Waals surface area contributed by atoms with E-state index in [0.29, 0.717) is 4.88 Å². The van der Waals surface area contributed by atoms with Gasteiger partial charge in [0, 0.05) is 21.2 Å². The number of methoxy groups -OCH3 is 2. The number of esters is 1. The lowest BCUT2D eigenvalue weighted by molar-refractivity contribution is 0.0606. The molecule has 0 radical (unpaired) electrons. The average molecular weight is 378 g/mol. The zero-order valence-corrected chi connectivity index (χ0v) is 15.6. The Morgan fingerprint density at radius 2 is 1.96 bits per heavy atom. The Morgan fingerprint density at radius 1 is 1.17 bits per heavy atom. The van der Waals surface area contributed by atoms with Gasteiger partial charge in [-0.1, -0.05) is 0 Å². The molecule has 124 valence electrons. The summed E-state index contributed by atoms with van der Waals surface area (Å²) >= 11 is 4.71. The molecule has 7 heteroatoms. The van der Waals surface area contributed by atoms with Crippen molar-refractivity contribution in [3.05, 3.63) is 51.0 Å². The third-order valence-corrected chi connectivity index (χ3v) is 6.34. The second-order valence-corrected chi connectivity index (χ2v) is 7.68. The number of carbonyl (C=O) groups is 1. The number of thioether (sulfide) groups is 1. The van der Waals surface area contributed by atoms with Crippen LogP contribution in [0.2, 0.25) is 0 Å². The lowest BCUT2D eigenvalue weighted by Gasteiger charge is -2.00. The molecule has 0 bridgehead atoms. The van der Waals surface area contributed by atoms with Crippen molar-refractivity contribution in [3.8, 4) is 17.0 Å². The Hall–Kier alpha value is -1.83. The summed E-state index contributed by atoms with van der Waals surface area (Å²) in [4.78, 5) is 17.8. The molecule has 0 aliphatic heterocycles. The monoisotopic (exact) mass is 377 g/mol. The molecule has 3 aromatic rings. The van der Waals surface area contributed by atoms with Crippen molar-refractivity contribution < 1.29 is 14.3 Å². The zero-order valence-electron chi connectivity index (χ0n) is 13.1. The summed E-state index contributed by atoms with van der Waals surface area (Å²) in [7, 11) is 3.05. The number of hydrogen-bond donors (Lipinski definition) is 0. The van der Waals surface area contributed by atoms with Gasteiger partial charge in [-0.25, -0.2) is 9.78 Å². The SMILES string of the molecule is COC(=O)c1cc(SCc2nc(-c3ccc(OC)cc3)cs2)cs1. The van der Waals surface area contributed by atoms with Gasteiger partial charge in [0.15, 0.2) is 0 Å². The van der Waals surface area contributed by atoms with E-state index in [4.69, 9.17) is 9.47 Å². The van der Waals surface area contributed by atoms with Crippen LogP contribution in [0.15, 0.2) is 46.0 Å². The van der Waals surface area contributed by atoms with E-state index in [9.17, 15) is 4.79 Å². The van der Waals surface area contributed by atoms with E-state index >= 15 is 0 Å². The Morgan fingerprint density at radius 3 is 2.67 bits per heavy atom. The third kappa shape index (κ3) is 3.98. The van der Waals surface area contributed by atoms with Gasteiger partial charge in [0.05, 0.1) is 25.7 Å². The number of rotatable bonds is 6. The zero-order chi connectivity index (χ0) is 16.9. The van der Waals surface area contributed by atoms with Crippen molar-refractivity contribution in [3.63, 3.8) is 0 Å². The summed E-state index contributed by atoms with van der Waals surface area (Å²) in [5, 5.41) is 5.08. The molecule has 0 aliphatic carbocycles. The largest absolute Gasteiger partial charge is 0.497 e. The Labute approximate surface area is 152 Å². The molecule has 2 aromatic heterocycles. The number of carbonyl (C=O) groups excluding carboxylic acids is 1. The fraction of sp³-hybridized carbons (Fsp3) is 0.176. The number of thiazole rings is 1. The molecule has 0 aliphatic rings. The summed E-state index contributed by atoms with van der Waals surface area (Å²) in [6, 6.07) is 9.74. The topological polar surface area (TPSA) is 48.4 Å². The van der Waals surface area contributed by atoms with E-state index in [-0.39, 0.29) is 5.97 Å². The van der Waals surface area contributed by atoms with Crippen molar-refractivity contribution in [2.75, 3.05) is 14.2 Å². The number of hydrogen-bond acceptors (Lipinski definition) is 7. The van der Waals surface area contributed by atoms with Crippen LogP contribution >= 0.6 is 34.4 Å². The minimum absolute atomic E-state index is 0.289. The Bertz CT molecular complexity index is 824. The van der Waals surface area contributed by atoms with E-state index in [1.54, 1.807) is 30.2 Å². The second-order valence-electron chi connectivity index (χ2n) is 4.78. The average Bonchev–Trinajstić information content (AvgIpc) is 3.29. The molecule has 2 heterocycles. The number of thiophene rings is 1. The first kappa shape index (κ1) is 17.0. The van der Waals surface area contributed by atoms with Crippen LogP contribution in [-0.2, 0) is 10.5 Å². The highest BCUT2D eigenvalue weighted by molar-refractivity contribution is 7.98. The van der Waals surface area contributed by atoms with Crippen LogP contribution in [0.3, 0.4) is 0 Å². The van der Waals surface area contributed by atoms with Gasteiger partial charge in [-0.05, 0) is 30.3 Å². The van der Waals surface area contributed by atoms with Crippen molar-refractivity contribution in [1.29, 1.82) is 0 Å². The summed E-state index contributed by atoms with van der Waals surface area (Å²) in [5.74, 6) is 1.32. The van der Waals surface area contributed by atoms with Crippen LogP contribution in [0.4, 0.5) is 0 Å². The van der Waals surface area contributed by atoms with Crippen LogP contribution in [-0.4, -0.2) is 25.2 Å². The number of nitrogens with zero attached hydrogens (tertiary/aromatic N) is 1. The predicted molar refractivity (Wildman–Crippen MR) is 99.3 cm³/mol. The van der Waals surface area contributed by atoms with Gasteiger partial charge in [-0.15, -0.1) is 34.4 Å². The standard InChI is InChI=1S/C17H15NO3S3/c1-20-12-5-3-11(4-6-12)14-9-24-16(18-14)10-22-13-7-15(23-8-13)17(19)21-2/h3-9H,10H2,1-2H3. The van der Waals surface area contributed by atoms with E-state index in [1.165, 1.54) is 18.4 Å². The van der Waals surface area contributed by atoms with Gasteiger partial charge < -0.3 is 9.47 Å². The van der Waals surface area contributed by atoms with Gasteiger partial charge in [0.1, 0.15) is 15.6 Å². The van der Waals surface area contributed by atoms with Gasteiger partial charge in [0.2, 0.25) is 0 Å².